The summed E-state index contributed by atoms with van der Waals surface area (Å²) in [5.74, 6) is 0.486. The smallest absolute Gasteiger partial charge is 0.171 e. The molecule has 0 atom stereocenters. The van der Waals surface area contributed by atoms with Crippen molar-refractivity contribution in [3.8, 4) is 0 Å². The molecular formula is C5H10N4. The van der Waals surface area contributed by atoms with E-state index in [1.54, 1.807) is 0 Å². The third kappa shape index (κ3) is 2.58. The maximum atomic E-state index is 6.41. The topological polar surface area (TPSA) is 64.9 Å². The first-order valence-corrected chi connectivity index (χ1v) is 2.79. The first-order chi connectivity index (χ1) is 4.43. The number of imidazole rings is 1. The highest BCUT2D eigenvalue weighted by Crippen LogP contribution is 1.99. The molecule has 50 valence electrons. The van der Waals surface area contributed by atoms with E-state index in [-0.39, 0.29) is 0 Å². The van der Waals surface area contributed by atoms with E-state index in [2.05, 4.69) is 15.1 Å². The summed E-state index contributed by atoms with van der Waals surface area (Å²) in [6.45, 7) is 4.00. The number of nitrogens with zero attached hydrogens (tertiary/aromatic N) is 2. The monoisotopic (exact) mass is 126 g/mol. The molecule has 0 aliphatic rings. The zero-order valence-corrected chi connectivity index (χ0v) is 5.55. The quantitative estimate of drug-likeness (QED) is 0.556. The van der Waals surface area contributed by atoms with Crippen LogP contribution in [0.15, 0.2) is 17.6 Å². The van der Waals surface area contributed by atoms with Crippen LogP contribution in [-0.2, 0) is 0 Å². The molecule has 0 amide bonds. The molecule has 0 fully saturated rings. The summed E-state index contributed by atoms with van der Waals surface area (Å²) in [4.78, 5) is 6.25. The Balaban J connectivity index is 0.000000291. The molecule has 1 aromatic rings. The molecule has 0 aliphatic heterocycles. The molecule has 0 radical (unpaired) electrons. The first kappa shape index (κ1) is 7.81. The van der Waals surface area contributed by atoms with Crippen molar-refractivity contribution in [2.75, 3.05) is 0 Å². The summed E-state index contributed by atoms with van der Waals surface area (Å²) in [5.41, 5.74) is 6.41. The summed E-state index contributed by atoms with van der Waals surface area (Å²) in [6, 6.07) is 0. The molecule has 1 rings (SSSR count). The minimum atomic E-state index is 0.486. The van der Waals surface area contributed by atoms with E-state index in [9.17, 15) is 0 Å². The Morgan fingerprint density at radius 1 is 1.67 bits per heavy atom. The lowest BCUT2D eigenvalue weighted by Crippen LogP contribution is -1.51. The number of rotatable bonds is 1. The maximum Gasteiger partial charge on any atom is 0.171 e. The zero-order valence-electron chi connectivity index (χ0n) is 5.55. The largest absolute Gasteiger partial charge is 0.328 e. The second-order valence-corrected chi connectivity index (χ2v) is 1.05. The van der Waals surface area contributed by atoms with Crippen LogP contribution in [0.5, 0.6) is 0 Å². The molecule has 1 heterocycles. The number of hydrogen-bond donors (Lipinski definition) is 2. The fraction of sp³-hybridized carbons (Fsp3) is 0.400. The predicted molar refractivity (Wildman–Crippen MR) is 34.7 cm³/mol. The van der Waals surface area contributed by atoms with Crippen LogP contribution in [-0.4, -0.2) is 9.97 Å². The predicted octanol–water partition coefficient (Wildman–Crippen LogP) is 2.10. The van der Waals surface area contributed by atoms with E-state index in [1.165, 1.54) is 12.5 Å². The van der Waals surface area contributed by atoms with E-state index in [4.69, 9.17) is 5.53 Å². The lowest BCUT2D eigenvalue weighted by Gasteiger charge is -1.70. The average Bonchev–Trinajstić information content (AvgIpc) is 2.43. The number of H-pyrrole nitrogens is 1. The van der Waals surface area contributed by atoms with Gasteiger partial charge in [0.2, 0.25) is 0 Å². The summed E-state index contributed by atoms with van der Waals surface area (Å²) in [7, 11) is 0. The minimum Gasteiger partial charge on any atom is -0.328 e. The van der Waals surface area contributed by atoms with Crippen LogP contribution in [0.1, 0.15) is 13.8 Å². The average molecular weight is 126 g/mol. The Hall–Kier alpha value is -1.19. The standard InChI is InChI=1S/C3H4N4.C2H6/c4-7-3-1-5-2-6-3;1-2/h1-2,4H,(H,5,6);1-2H3. The highest BCUT2D eigenvalue weighted by molar-refractivity contribution is 5.18. The van der Waals surface area contributed by atoms with Crippen LogP contribution in [0.2, 0.25) is 0 Å². The number of aromatic amines is 1. The molecule has 0 saturated carbocycles. The van der Waals surface area contributed by atoms with Crippen molar-refractivity contribution < 1.29 is 0 Å². The van der Waals surface area contributed by atoms with Crippen molar-refractivity contribution in [2.24, 2.45) is 5.11 Å². The van der Waals surface area contributed by atoms with E-state index in [0.29, 0.717) is 5.82 Å². The molecule has 0 aromatic carbocycles. The molecule has 2 N–H and O–H groups in total. The molecule has 9 heavy (non-hydrogen) atoms. The second kappa shape index (κ2) is 4.96. The third-order valence-corrected chi connectivity index (χ3v) is 0.604. The lowest BCUT2D eigenvalue weighted by molar-refractivity contribution is 1.11. The van der Waals surface area contributed by atoms with Gasteiger partial charge in [0.1, 0.15) is 0 Å². The highest BCUT2D eigenvalue weighted by atomic mass is 15.1. The SMILES string of the molecule is CC.N=Nc1cnc[nH]1. The maximum absolute atomic E-state index is 6.41. The molecule has 0 saturated heterocycles. The van der Waals surface area contributed by atoms with Crippen molar-refractivity contribution in [1.82, 2.24) is 9.97 Å². The Bertz CT molecular complexity index is 144. The fourth-order valence-electron chi connectivity index (χ4n) is 0.310. The van der Waals surface area contributed by atoms with E-state index < -0.39 is 0 Å². The van der Waals surface area contributed by atoms with Crippen molar-refractivity contribution in [3.63, 3.8) is 0 Å². The Morgan fingerprint density at radius 3 is 2.56 bits per heavy atom. The van der Waals surface area contributed by atoms with E-state index in [1.807, 2.05) is 13.8 Å². The van der Waals surface area contributed by atoms with Crippen LogP contribution in [0.4, 0.5) is 5.82 Å². The van der Waals surface area contributed by atoms with E-state index in [0.717, 1.165) is 0 Å². The second-order valence-electron chi connectivity index (χ2n) is 1.05. The van der Waals surface area contributed by atoms with Gasteiger partial charge < -0.3 is 4.98 Å². The van der Waals surface area contributed by atoms with Gasteiger partial charge in [-0.2, -0.15) is 0 Å². The summed E-state index contributed by atoms with van der Waals surface area (Å²) in [5, 5.41) is 3.06. The Labute approximate surface area is 53.8 Å². The summed E-state index contributed by atoms with van der Waals surface area (Å²) >= 11 is 0. The lowest BCUT2D eigenvalue weighted by atomic mass is 10.8. The zero-order chi connectivity index (χ0) is 7.11. The van der Waals surface area contributed by atoms with Gasteiger partial charge in [0.15, 0.2) is 5.82 Å². The Morgan fingerprint density at radius 2 is 2.33 bits per heavy atom. The first-order valence-electron chi connectivity index (χ1n) is 2.79. The highest BCUT2D eigenvalue weighted by Gasteiger charge is 1.81. The number of hydrogen-bond acceptors (Lipinski definition) is 3. The number of nitrogens with one attached hydrogen (secondary N) is 2. The third-order valence-electron chi connectivity index (χ3n) is 0.604. The van der Waals surface area contributed by atoms with Crippen molar-refractivity contribution in [2.45, 2.75) is 13.8 Å². The molecule has 1 aromatic heterocycles. The fourth-order valence-corrected chi connectivity index (χ4v) is 0.310. The molecular weight excluding hydrogens is 116 g/mol. The summed E-state index contributed by atoms with van der Waals surface area (Å²) < 4.78 is 0. The number of aromatic nitrogens is 2. The van der Waals surface area contributed by atoms with Gasteiger partial charge in [-0.25, -0.2) is 10.5 Å². The molecule has 0 aliphatic carbocycles. The van der Waals surface area contributed by atoms with Gasteiger partial charge in [0.05, 0.1) is 12.5 Å². The van der Waals surface area contributed by atoms with Crippen molar-refractivity contribution >= 4 is 5.82 Å². The van der Waals surface area contributed by atoms with Crippen LogP contribution >= 0.6 is 0 Å². The van der Waals surface area contributed by atoms with E-state index >= 15 is 0 Å². The van der Waals surface area contributed by atoms with Crippen LogP contribution < -0.4 is 0 Å². The van der Waals surface area contributed by atoms with Gasteiger partial charge >= 0.3 is 0 Å². The van der Waals surface area contributed by atoms with Gasteiger partial charge in [-0.05, 0) is 0 Å². The van der Waals surface area contributed by atoms with Crippen molar-refractivity contribution in [3.05, 3.63) is 12.5 Å². The Kier molecular flexibility index (Phi) is 4.30. The van der Waals surface area contributed by atoms with Gasteiger partial charge in [-0.15, -0.1) is 5.11 Å². The molecule has 0 spiro atoms. The normalized spacial score (nSPS) is 7.33. The molecule has 0 bridgehead atoms. The van der Waals surface area contributed by atoms with Crippen LogP contribution in [0, 0.1) is 5.53 Å². The minimum absolute atomic E-state index is 0.486. The molecule has 4 nitrogen and oxygen atoms in total. The van der Waals surface area contributed by atoms with Gasteiger partial charge in [0.25, 0.3) is 0 Å². The van der Waals surface area contributed by atoms with Crippen LogP contribution in [0.25, 0.3) is 0 Å². The van der Waals surface area contributed by atoms with Gasteiger partial charge in [-0.1, -0.05) is 13.8 Å². The summed E-state index contributed by atoms with van der Waals surface area (Å²) in [6.07, 6.45) is 2.96. The molecule has 4 heteroatoms. The van der Waals surface area contributed by atoms with Crippen LogP contribution in [0.3, 0.4) is 0 Å². The van der Waals surface area contributed by atoms with Gasteiger partial charge in [0, 0.05) is 0 Å². The molecule has 0 unspecified atom stereocenters. The van der Waals surface area contributed by atoms with Crippen molar-refractivity contribution in [1.29, 1.82) is 5.53 Å². The van der Waals surface area contributed by atoms with Gasteiger partial charge in [-0.3, -0.25) is 0 Å².